The molecular weight excluding hydrogens is 208 g/mol. The van der Waals surface area contributed by atoms with E-state index in [4.69, 9.17) is 4.74 Å². The van der Waals surface area contributed by atoms with E-state index >= 15 is 0 Å². The predicted molar refractivity (Wildman–Crippen MR) is 75.4 cm³/mol. The summed E-state index contributed by atoms with van der Waals surface area (Å²) in [6, 6.07) is 0. The van der Waals surface area contributed by atoms with Gasteiger partial charge in [0, 0.05) is 6.61 Å². The van der Waals surface area contributed by atoms with Crippen molar-refractivity contribution in [1.29, 1.82) is 0 Å². The molecule has 0 amide bonds. The van der Waals surface area contributed by atoms with E-state index in [1.165, 1.54) is 70.6 Å². The minimum absolute atomic E-state index is 0.601. The smallest absolute Gasteiger partial charge is 0.0575 e. The molecule has 2 saturated carbocycles. The molecule has 0 unspecified atom stereocenters. The Kier molecular flexibility index (Phi) is 8.78. The van der Waals surface area contributed by atoms with Gasteiger partial charge < -0.3 is 4.74 Å². The maximum Gasteiger partial charge on any atom is 0.0575 e. The summed E-state index contributed by atoms with van der Waals surface area (Å²) in [7, 11) is 0. The van der Waals surface area contributed by atoms with E-state index < -0.39 is 0 Å². The van der Waals surface area contributed by atoms with Crippen molar-refractivity contribution in [1.82, 2.24) is 0 Å². The molecule has 0 spiro atoms. The molecule has 0 radical (unpaired) electrons. The third-order valence-corrected chi connectivity index (χ3v) is 4.26. The van der Waals surface area contributed by atoms with E-state index in [0.29, 0.717) is 6.10 Å². The molecule has 2 fully saturated rings. The van der Waals surface area contributed by atoms with Gasteiger partial charge in [-0.25, -0.2) is 0 Å². The molecule has 0 heterocycles. The summed E-state index contributed by atoms with van der Waals surface area (Å²) >= 11 is 0. The molecule has 1 heteroatoms. The predicted octanol–water partition coefficient (Wildman–Crippen LogP) is 5.33. The van der Waals surface area contributed by atoms with Crippen LogP contribution in [0.2, 0.25) is 0 Å². The Balaban J connectivity index is 0.000000171. The minimum atomic E-state index is 0.601. The first-order chi connectivity index (χ1) is 8.36. The van der Waals surface area contributed by atoms with Crippen molar-refractivity contribution in [3.63, 3.8) is 0 Å². The first-order valence-corrected chi connectivity index (χ1v) is 7.98. The fraction of sp³-hybridized carbons (Fsp3) is 1.00. The Morgan fingerprint density at radius 3 is 1.71 bits per heavy atom. The lowest BCUT2D eigenvalue weighted by atomic mass is 9.88. The second-order valence-corrected chi connectivity index (χ2v) is 5.63. The molecule has 2 aliphatic carbocycles. The summed E-state index contributed by atoms with van der Waals surface area (Å²) in [4.78, 5) is 0. The van der Waals surface area contributed by atoms with Gasteiger partial charge in [-0.1, -0.05) is 64.7 Å². The molecule has 17 heavy (non-hydrogen) atoms. The lowest BCUT2D eigenvalue weighted by molar-refractivity contribution is 0.0368. The number of hydrogen-bond donors (Lipinski definition) is 0. The van der Waals surface area contributed by atoms with Crippen molar-refractivity contribution in [3.05, 3.63) is 0 Å². The quantitative estimate of drug-likeness (QED) is 0.647. The van der Waals surface area contributed by atoms with Crippen LogP contribution in [0.25, 0.3) is 0 Å². The summed E-state index contributed by atoms with van der Waals surface area (Å²) in [5.41, 5.74) is 0. The van der Waals surface area contributed by atoms with Crippen LogP contribution in [0.15, 0.2) is 0 Å². The van der Waals surface area contributed by atoms with Crippen LogP contribution in [0.5, 0.6) is 0 Å². The average molecular weight is 240 g/mol. The van der Waals surface area contributed by atoms with Gasteiger partial charge in [-0.3, -0.25) is 0 Å². The Morgan fingerprint density at radius 2 is 1.29 bits per heavy atom. The summed E-state index contributed by atoms with van der Waals surface area (Å²) < 4.78 is 5.48. The average Bonchev–Trinajstić information content (AvgIpc) is 2.42. The molecule has 2 rings (SSSR count). The molecule has 0 aromatic carbocycles. The maximum atomic E-state index is 5.48. The summed E-state index contributed by atoms with van der Waals surface area (Å²) in [6.07, 6.45) is 16.3. The van der Waals surface area contributed by atoms with Crippen molar-refractivity contribution in [2.45, 2.75) is 90.6 Å². The fourth-order valence-corrected chi connectivity index (χ4v) is 3.06. The molecule has 0 aliphatic heterocycles. The Morgan fingerprint density at radius 1 is 0.765 bits per heavy atom. The number of rotatable bonds is 3. The van der Waals surface area contributed by atoms with Crippen LogP contribution in [0.4, 0.5) is 0 Å². The van der Waals surface area contributed by atoms with Crippen LogP contribution in [0, 0.1) is 5.92 Å². The second-order valence-electron chi connectivity index (χ2n) is 5.63. The summed E-state index contributed by atoms with van der Waals surface area (Å²) in [6.45, 7) is 5.29. The standard InChI is InChI=1S/C8H16O.C8H16/c1-2-9-8-6-4-3-5-7-8;1-2-8-6-4-3-5-7-8/h8H,2-7H2,1H3;8H,2-7H2,1H3. The molecule has 102 valence electrons. The van der Waals surface area contributed by atoms with E-state index in [9.17, 15) is 0 Å². The van der Waals surface area contributed by atoms with Gasteiger partial charge in [-0.2, -0.15) is 0 Å². The van der Waals surface area contributed by atoms with E-state index in [1.807, 2.05) is 0 Å². The fourth-order valence-electron chi connectivity index (χ4n) is 3.06. The van der Waals surface area contributed by atoms with Gasteiger partial charge in [0.15, 0.2) is 0 Å². The van der Waals surface area contributed by atoms with Gasteiger partial charge in [0.1, 0.15) is 0 Å². The van der Waals surface area contributed by atoms with E-state index in [2.05, 4.69) is 13.8 Å². The highest BCUT2D eigenvalue weighted by molar-refractivity contribution is 4.64. The van der Waals surface area contributed by atoms with Crippen LogP contribution in [0.3, 0.4) is 0 Å². The molecule has 1 nitrogen and oxygen atoms in total. The molecule has 0 aromatic heterocycles. The lowest BCUT2D eigenvalue weighted by Crippen LogP contribution is -2.15. The highest BCUT2D eigenvalue weighted by Crippen LogP contribution is 2.25. The van der Waals surface area contributed by atoms with Gasteiger partial charge in [-0.05, 0) is 25.7 Å². The zero-order valence-corrected chi connectivity index (χ0v) is 12.0. The van der Waals surface area contributed by atoms with Crippen LogP contribution >= 0.6 is 0 Å². The third kappa shape index (κ3) is 7.08. The Hall–Kier alpha value is -0.0400. The van der Waals surface area contributed by atoms with Crippen molar-refractivity contribution in [2.24, 2.45) is 5.92 Å². The van der Waals surface area contributed by atoms with Gasteiger partial charge >= 0.3 is 0 Å². The van der Waals surface area contributed by atoms with Crippen molar-refractivity contribution in [3.8, 4) is 0 Å². The van der Waals surface area contributed by atoms with Crippen molar-refractivity contribution >= 4 is 0 Å². The Bertz CT molecular complexity index is 152. The van der Waals surface area contributed by atoms with Crippen LogP contribution in [-0.2, 0) is 4.74 Å². The van der Waals surface area contributed by atoms with Gasteiger partial charge in [0.05, 0.1) is 6.10 Å². The van der Waals surface area contributed by atoms with Crippen LogP contribution < -0.4 is 0 Å². The summed E-state index contributed by atoms with van der Waals surface area (Å²) in [5.74, 6) is 1.09. The molecule has 0 aromatic rings. The van der Waals surface area contributed by atoms with E-state index in [1.54, 1.807) is 0 Å². The van der Waals surface area contributed by atoms with E-state index in [0.717, 1.165) is 12.5 Å². The lowest BCUT2D eigenvalue weighted by Gasteiger charge is -2.20. The third-order valence-electron chi connectivity index (χ3n) is 4.26. The highest BCUT2D eigenvalue weighted by Gasteiger charge is 2.11. The molecular formula is C16H32O. The SMILES string of the molecule is CCC1CCCCC1.CCOC1CCCCC1. The van der Waals surface area contributed by atoms with Gasteiger partial charge in [0.2, 0.25) is 0 Å². The topological polar surface area (TPSA) is 9.23 Å². The second kappa shape index (κ2) is 9.94. The number of hydrogen-bond acceptors (Lipinski definition) is 1. The molecule has 0 atom stereocenters. The zero-order chi connectivity index (χ0) is 12.3. The van der Waals surface area contributed by atoms with Crippen molar-refractivity contribution in [2.75, 3.05) is 6.61 Å². The first kappa shape index (κ1) is 15.0. The minimum Gasteiger partial charge on any atom is -0.379 e. The molecule has 0 saturated heterocycles. The van der Waals surface area contributed by atoms with Crippen molar-refractivity contribution < 1.29 is 4.74 Å². The number of ether oxygens (including phenoxy) is 1. The highest BCUT2D eigenvalue weighted by atomic mass is 16.5. The normalized spacial score (nSPS) is 22.9. The Labute approximate surface area is 108 Å². The monoisotopic (exact) mass is 240 g/mol. The first-order valence-electron chi connectivity index (χ1n) is 7.98. The van der Waals surface area contributed by atoms with Gasteiger partial charge in [-0.15, -0.1) is 0 Å². The van der Waals surface area contributed by atoms with Crippen LogP contribution in [0.1, 0.15) is 84.5 Å². The maximum absolute atomic E-state index is 5.48. The summed E-state index contributed by atoms with van der Waals surface area (Å²) in [5, 5.41) is 0. The van der Waals surface area contributed by atoms with Gasteiger partial charge in [0.25, 0.3) is 0 Å². The zero-order valence-electron chi connectivity index (χ0n) is 12.0. The molecule has 0 bridgehead atoms. The molecule has 2 aliphatic rings. The molecule has 0 N–H and O–H groups in total. The van der Waals surface area contributed by atoms with Crippen LogP contribution in [-0.4, -0.2) is 12.7 Å². The largest absolute Gasteiger partial charge is 0.379 e. The van der Waals surface area contributed by atoms with E-state index in [-0.39, 0.29) is 0 Å².